The SMILES string of the molecule is COc1c([C@H]2CCC[C@H]2c2cc(=O)c3c(C(N)=O)nccc3[nH]2)ccc(F)c1F.c1ccccc1. The lowest BCUT2D eigenvalue weighted by atomic mass is 9.85. The number of amides is 1. The Morgan fingerprint density at radius 3 is 2.34 bits per heavy atom. The molecule has 2 heterocycles. The molecule has 5 rings (SSSR count). The van der Waals surface area contributed by atoms with Gasteiger partial charge in [0.2, 0.25) is 5.82 Å². The molecule has 0 radical (unpaired) electrons. The van der Waals surface area contributed by atoms with Crippen LogP contribution in [0.4, 0.5) is 8.78 Å². The molecule has 35 heavy (non-hydrogen) atoms. The quantitative estimate of drug-likeness (QED) is 0.430. The molecule has 2 aromatic carbocycles. The van der Waals surface area contributed by atoms with Crippen LogP contribution >= 0.6 is 0 Å². The average Bonchev–Trinajstić information content (AvgIpc) is 3.36. The van der Waals surface area contributed by atoms with Crippen LogP contribution in [0, 0.1) is 11.6 Å². The normalized spacial score (nSPS) is 17.0. The highest BCUT2D eigenvalue weighted by Gasteiger charge is 2.34. The number of pyridine rings is 2. The van der Waals surface area contributed by atoms with E-state index in [1.54, 1.807) is 6.07 Å². The zero-order chi connectivity index (χ0) is 24.9. The third-order valence-corrected chi connectivity index (χ3v) is 6.26. The molecule has 1 amide bonds. The van der Waals surface area contributed by atoms with Gasteiger partial charge in [0, 0.05) is 29.4 Å². The molecule has 2 aromatic heterocycles. The number of carbonyl (C=O) groups excluding carboxylic acids is 1. The first-order valence-electron chi connectivity index (χ1n) is 11.3. The fourth-order valence-corrected chi connectivity index (χ4v) is 4.74. The van der Waals surface area contributed by atoms with E-state index < -0.39 is 17.5 Å². The lowest BCUT2D eigenvalue weighted by Crippen LogP contribution is -2.19. The smallest absolute Gasteiger partial charge is 0.268 e. The standard InChI is InChI=1S/C21H19F2N3O3.C6H6/c1-29-20-12(5-6-13(22)18(20)23)10-3-2-4-11(10)15-9-16(27)17-14(26-15)7-8-25-19(17)21(24)28;1-2-4-6-5-3-1/h5-11H,2-4H2,1H3,(H2,24,28)(H,26,27);1-6H/t10-,11+;/m0./s1. The summed E-state index contributed by atoms with van der Waals surface area (Å²) in [6, 6.07) is 17.7. The minimum absolute atomic E-state index is 0.0828. The number of nitrogens with one attached hydrogen (secondary N) is 1. The van der Waals surface area contributed by atoms with Gasteiger partial charge in [-0.15, -0.1) is 0 Å². The van der Waals surface area contributed by atoms with Crippen LogP contribution in [0.15, 0.2) is 71.7 Å². The molecule has 0 aliphatic heterocycles. The molecule has 0 bridgehead atoms. The summed E-state index contributed by atoms with van der Waals surface area (Å²) >= 11 is 0. The van der Waals surface area contributed by atoms with Crippen LogP contribution in [0.25, 0.3) is 10.9 Å². The van der Waals surface area contributed by atoms with Gasteiger partial charge in [-0.2, -0.15) is 4.39 Å². The van der Waals surface area contributed by atoms with Crippen LogP contribution in [0.1, 0.15) is 52.8 Å². The lowest BCUT2D eigenvalue weighted by Gasteiger charge is -2.23. The van der Waals surface area contributed by atoms with E-state index in [2.05, 4.69) is 9.97 Å². The molecule has 2 atom stereocenters. The Bertz CT molecular complexity index is 1380. The average molecular weight is 478 g/mol. The van der Waals surface area contributed by atoms with Crippen molar-refractivity contribution in [3.8, 4) is 5.75 Å². The van der Waals surface area contributed by atoms with Crippen molar-refractivity contribution in [2.24, 2.45) is 5.73 Å². The molecule has 8 heteroatoms. The summed E-state index contributed by atoms with van der Waals surface area (Å²) in [5, 5.41) is 0.142. The number of primary amides is 1. The molecule has 6 nitrogen and oxygen atoms in total. The lowest BCUT2D eigenvalue weighted by molar-refractivity contribution is 0.0997. The summed E-state index contributed by atoms with van der Waals surface area (Å²) in [6.45, 7) is 0. The van der Waals surface area contributed by atoms with Crippen LogP contribution in [0.3, 0.4) is 0 Å². The zero-order valence-electron chi connectivity index (χ0n) is 19.1. The molecule has 3 N–H and O–H groups in total. The van der Waals surface area contributed by atoms with Gasteiger partial charge >= 0.3 is 0 Å². The van der Waals surface area contributed by atoms with Crippen molar-refractivity contribution in [2.45, 2.75) is 31.1 Å². The minimum atomic E-state index is -1.01. The van der Waals surface area contributed by atoms with Gasteiger partial charge in [-0.3, -0.25) is 14.6 Å². The van der Waals surface area contributed by atoms with Crippen molar-refractivity contribution in [2.75, 3.05) is 7.11 Å². The number of hydrogen-bond donors (Lipinski definition) is 2. The number of methoxy groups -OCH3 is 1. The molecule has 0 spiro atoms. The topological polar surface area (TPSA) is 98.1 Å². The van der Waals surface area contributed by atoms with E-state index in [-0.39, 0.29) is 34.1 Å². The summed E-state index contributed by atoms with van der Waals surface area (Å²) in [7, 11) is 1.31. The minimum Gasteiger partial charge on any atom is -0.493 e. The Morgan fingerprint density at radius 1 is 1.06 bits per heavy atom. The van der Waals surface area contributed by atoms with Gasteiger partial charge < -0.3 is 15.5 Å². The summed E-state index contributed by atoms with van der Waals surface area (Å²) in [4.78, 5) is 31.5. The third-order valence-electron chi connectivity index (χ3n) is 6.26. The third kappa shape index (κ3) is 4.91. The predicted molar refractivity (Wildman–Crippen MR) is 130 cm³/mol. The number of nitrogens with zero attached hydrogens (tertiary/aromatic N) is 1. The van der Waals surface area contributed by atoms with E-state index in [9.17, 15) is 18.4 Å². The van der Waals surface area contributed by atoms with Gasteiger partial charge in [0.1, 0.15) is 5.69 Å². The molecule has 0 saturated heterocycles. The van der Waals surface area contributed by atoms with E-state index in [1.807, 2.05) is 36.4 Å². The van der Waals surface area contributed by atoms with Gasteiger partial charge in [-0.1, -0.05) is 48.9 Å². The fourth-order valence-electron chi connectivity index (χ4n) is 4.74. The summed E-state index contributed by atoms with van der Waals surface area (Å²) in [6.07, 6.45) is 3.78. The van der Waals surface area contributed by atoms with Crippen molar-refractivity contribution >= 4 is 16.8 Å². The highest BCUT2D eigenvalue weighted by atomic mass is 19.2. The Morgan fingerprint density at radius 2 is 1.71 bits per heavy atom. The number of rotatable bonds is 4. The van der Waals surface area contributed by atoms with E-state index in [1.165, 1.54) is 25.4 Å². The predicted octanol–water partition coefficient (Wildman–Crippen LogP) is 5.05. The number of aromatic nitrogens is 2. The fraction of sp³-hybridized carbons (Fsp3) is 0.222. The van der Waals surface area contributed by atoms with E-state index in [0.29, 0.717) is 16.8 Å². The van der Waals surface area contributed by atoms with E-state index >= 15 is 0 Å². The first-order valence-corrected chi connectivity index (χ1v) is 11.3. The van der Waals surface area contributed by atoms with Crippen LogP contribution in [0.5, 0.6) is 5.75 Å². The Hall–Kier alpha value is -4.07. The summed E-state index contributed by atoms with van der Waals surface area (Å²) in [5.41, 5.74) is 6.58. The van der Waals surface area contributed by atoms with Gasteiger partial charge in [-0.25, -0.2) is 4.39 Å². The highest BCUT2D eigenvalue weighted by molar-refractivity contribution is 6.03. The largest absolute Gasteiger partial charge is 0.493 e. The van der Waals surface area contributed by atoms with Crippen LogP contribution < -0.4 is 15.9 Å². The van der Waals surface area contributed by atoms with Gasteiger partial charge in [0.15, 0.2) is 17.0 Å². The van der Waals surface area contributed by atoms with Gasteiger partial charge in [0.25, 0.3) is 5.91 Å². The highest BCUT2D eigenvalue weighted by Crippen LogP contribution is 2.48. The number of H-pyrrole nitrogens is 1. The second-order valence-corrected chi connectivity index (χ2v) is 8.32. The number of hydrogen-bond acceptors (Lipinski definition) is 4. The molecule has 4 aromatic rings. The molecular weight excluding hydrogens is 452 g/mol. The van der Waals surface area contributed by atoms with E-state index in [0.717, 1.165) is 25.3 Å². The number of nitrogens with two attached hydrogens (primary N) is 1. The molecule has 1 fully saturated rings. The Labute approximate surface area is 200 Å². The maximum absolute atomic E-state index is 14.2. The molecule has 0 unspecified atom stereocenters. The first kappa shape index (κ1) is 24.1. The number of ether oxygens (including phenoxy) is 1. The Balaban J connectivity index is 0.000000421. The Kier molecular flexibility index (Phi) is 7.19. The molecule has 1 saturated carbocycles. The van der Waals surface area contributed by atoms with E-state index in [4.69, 9.17) is 10.5 Å². The zero-order valence-corrected chi connectivity index (χ0v) is 19.1. The van der Waals surface area contributed by atoms with Crippen molar-refractivity contribution in [1.82, 2.24) is 9.97 Å². The monoisotopic (exact) mass is 477 g/mol. The molecular formula is C27H25F2N3O3. The first-order chi connectivity index (χ1) is 16.9. The van der Waals surface area contributed by atoms with Crippen molar-refractivity contribution in [1.29, 1.82) is 0 Å². The number of halogens is 2. The second-order valence-electron chi connectivity index (χ2n) is 8.32. The number of aromatic amines is 1. The maximum atomic E-state index is 14.2. The maximum Gasteiger partial charge on any atom is 0.268 e. The number of fused-ring (bicyclic) bond motifs is 1. The molecule has 180 valence electrons. The second kappa shape index (κ2) is 10.5. The van der Waals surface area contributed by atoms with Crippen molar-refractivity contribution < 1.29 is 18.3 Å². The van der Waals surface area contributed by atoms with Crippen LogP contribution in [-0.2, 0) is 0 Å². The van der Waals surface area contributed by atoms with Crippen molar-refractivity contribution in [3.63, 3.8) is 0 Å². The van der Waals surface area contributed by atoms with Crippen LogP contribution in [-0.4, -0.2) is 23.0 Å². The van der Waals surface area contributed by atoms with Gasteiger partial charge in [0.05, 0.1) is 18.0 Å². The molecule has 1 aliphatic carbocycles. The molecule has 1 aliphatic rings. The number of carbonyl (C=O) groups is 1. The van der Waals surface area contributed by atoms with Crippen LogP contribution in [0.2, 0.25) is 0 Å². The summed E-state index contributed by atoms with van der Waals surface area (Å²) in [5.74, 6) is -3.13. The van der Waals surface area contributed by atoms with Crippen molar-refractivity contribution in [3.05, 3.63) is 106 Å². The summed E-state index contributed by atoms with van der Waals surface area (Å²) < 4.78 is 33.0. The van der Waals surface area contributed by atoms with Gasteiger partial charge in [-0.05, 0) is 30.9 Å². The number of benzene rings is 2.